The molecule has 0 saturated carbocycles. The average Bonchev–Trinajstić information content (AvgIpc) is 2.27. The van der Waals surface area contributed by atoms with Gasteiger partial charge in [-0.3, -0.25) is 14.4 Å². The number of carbonyl (C=O) groups is 3. The number of aliphatic carboxylic acids is 3. The van der Waals surface area contributed by atoms with Gasteiger partial charge in [-0.1, -0.05) is 6.42 Å². The topological polar surface area (TPSA) is 164 Å². The molecular weight excluding hydrogens is 280 g/mol. The Bertz CT molecular complexity index is 261. The second-order valence-corrected chi connectivity index (χ2v) is 3.52. The number of halogens is 1. The molecule has 0 spiro atoms. The van der Waals surface area contributed by atoms with E-state index in [4.69, 9.17) is 26.8 Å². The molecule has 0 heterocycles. The molecular formula is C10H21ClN2O6. The van der Waals surface area contributed by atoms with Crippen LogP contribution in [-0.4, -0.2) is 45.8 Å². The molecule has 0 aliphatic heterocycles. The quantitative estimate of drug-likeness (QED) is 0.387. The molecule has 0 aliphatic carbocycles. The molecule has 0 aliphatic rings. The summed E-state index contributed by atoms with van der Waals surface area (Å²) in [7, 11) is 0. The normalized spacial score (nSPS) is 10.4. The second-order valence-electron chi connectivity index (χ2n) is 3.52. The summed E-state index contributed by atoms with van der Waals surface area (Å²) in [6.07, 6.45) is 1.57. The lowest BCUT2D eigenvalue weighted by Crippen LogP contribution is -2.29. The largest absolute Gasteiger partial charge is 0.481 e. The summed E-state index contributed by atoms with van der Waals surface area (Å²) in [6, 6.07) is -0.716. The van der Waals surface area contributed by atoms with Crippen LogP contribution in [0.5, 0.6) is 0 Å². The van der Waals surface area contributed by atoms with Crippen molar-refractivity contribution in [3.8, 4) is 0 Å². The predicted molar refractivity (Wildman–Crippen MR) is 70.3 cm³/mol. The van der Waals surface area contributed by atoms with Crippen molar-refractivity contribution in [3.63, 3.8) is 0 Å². The molecule has 8 nitrogen and oxygen atoms in total. The molecule has 0 radical (unpaired) electrons. The van der Waals surface area contributed by atoms with Crippen molar-refractivity contribution in [2.75, 3.05) is 6.54 Å². The molecule has 0 fully saturated rings. The molecule has 0 aromatic heterocycles. The smallest absolute Gasteiger partial charge is 0.320 e. The number of hydrogen-bond donors (Lipinski definition) is 5. The van der Waals surface area contributed by atoms with Crippen molar-refractivity contribution in [3.05, 3.63) is 0 Å². The summed E-state index contributed by atoms with van der Waals surface area (Å²) in [5.74, 6) is -3.09. The van der Waals surface area contributed by atoms with Crippen LogP contribution in [0.1, 0.15) is 32.1 Å². The van der Waals surface area contributed by atoms with Crippen LogP contribution in [0.2, 0.25) is 0 Å². The van der Waals surface area contributed by atoms with Gasteiger partial charge in [-0.05, 0) is 19.4 Å². The fourth-order valence-electron chi connectivity index (χ4n) is 0.846. The van der Waals surface area contributed by atoms with Crippen molar-refractivity contribution in [1.82, 2.24) is 0 Å². The first-order valence-corrected chi connectivity index (χ1v) is 5.43. The van der Waals surface area contributed by atoms with E-state index in [1.807, 2.05) is 0 Å². The van der Waals surface area contributed by atoms with Crippen LogP contribution in [0, 0.1) is 0 Å². The van der Waals surface area contributed by atoms with Crippen LogP contribution >= 0.6 is 12.4 Å². The summed E-state index contributed by atoms with van der Waals surface area (Å²) in [5, 5.41) is 24.1. The Morgan fingerprint density at radius 2 is 1.37 bits per heavy atom. The van der Waals surface area contributed by atoms with Gasteiger partial charge in [-0.15, -0.1) is 12.4 Å². The Morgan fingerprint density at radius 3 is 1.63 bits per heavy atom. The number of rotatable bonds is 8. The van der Waals surface area contributed by atoms with Crippen molar-refractivity contribution < 1.29 is 29.7 Å². The number of carboxylic acids is 3. The third-order valence-corrected chi connectivity index (χ3v) is 1.84. The van der Waals surface area contributed by atoms with E-state index in [-0.39, 0.29) is 25.2 Å². The Labute approximate surface area is 117 Å². The lowest BCUT2D eigenvalue weighted by atomic mass is 10.1. The highest BCUT2D eigenvalue weighted by atomic mass is 35.5. The number of hydrogen-bond acceptors (Lipinski definition) is 5. The highest BCUT2D eigenvalue weighted by Crippen LogP contribution is 1.96. The lowest BCUT2D eigenvalue weighted by molar-refractivity contribution is -0.143. The number of nitrogens with two attached hydrogens (primary N) is 2. The minimum atomic E-state index is -1.08. The summed E-state index contributed by atoms with van der Waals surface area (Å²) >= 11 is 0. The summed E-state index contributed by atoms with van der Waals surface area (Å²) in [5.41, 5.74) is 10.4. The van der Waals surface area contributed by atoms with Gasteiger partial charge in [0.25, 0.3) is 0 Å². The van der Waals surface area contributed by atoms with Crippen molar-refractivity contribution in [1.29, 1.82) is 0 Å². The molecule has 0 amide bonds. The van der Waals surface area contributed by atoms with Crippen LogP contribution in [0.25, 0.3) is 0 Å². The van der Waals surface area contributed by atoms with Crippen molar-refractivity contribution >= 4 is 30.3 Å². The highest BCUT2D eigenvalue weighted by molar-refractivity contribution is 5.85. The van der Waals surface area contributed by atoms with E-state index < -0.39 is 23.9 Å². The average molecular weight is 301 g/mol. The van der Waals surface area contributed by atoms with Crippen LogP contribution in [0.15, 0.2) is 0 Å². The third kappa shape index (κ3) is 22.3. The molecule has 0 aromatic rings. The number of carboxylic acid groups (broad SMARTS) is 3. The standard InChI is InChI=1S/C6H14N2O2.C4H6O4.ClH/c7-4-2-1-3-5(8)6(9)10;5-3(6)1-2-4(7)8;/h5H,1-4,7-8H2,(H,9,10);1-2H2,(H,5,6)(H,7,8);1H/t5-;;/m0../s1. The van der Waals surface area contributed by atoms with Crippen molar-refractivity contribution in [2.24, 2.45) is 11.5 Å². The van der Waals surface area contributed by atoms with Gasteiger partial charge in [-0.2, -0.15) is 0 Å². The van der Waals surface area contributed by atoms with E-state index in [0.717, 1.165) is 12.8 Å². The number of unbranched alkanes of at least 4 members (excludes halogenated alkanes) is 1. The van der Waals surface area contributed by atoms with E-state index in [9.17, 15) is 14.4 Å². The molecule has 0 rings (SSSR count). The maximum Gasteiger partial charge on any atom is 0.320 e. The van der Waals surface area contributed by atoms with E-state index in [2.05, 4.69) is 0 Å². The minimum Gasteiger partial charge on any atom is -0.481 e. The molecule has 0 bridgehead atoms. The zero-order valence-electron chi connectivity index (χ0n) is 10.4. The minimum absolute atomic E-state index is 0. The third-order valence-electron chi connectivity index (χ3n) is 1.84. The van der Waals surface area contributed by atoms with E-state index in [0.29, 0.717) is 13.0 Å². The van der Waals surface area contributed by atoms with Gasteiger partial charge in [0, 0.05) is 0 Å². The maximum absolute atomic E-state index is 10.1. The Morgan fingerprint density at radius 1 is 0.947 bits per heavy atom. The molecule has 9 heteroatoms. The predicted octanol–water partition coefficient (Wildman–Crippen LogP) is -0.115. The van der Waals surface area contributed by atoms with E-state index in [1.54, 1.807) is 0 Å². The van der Waals surface area contributed by atoms with Crippen LogP contribution < -0.4 is 11.5 Å². The highest BCUT2D eigenvalue weighted by Gasteiger charge is 2.09. The fourth-order valence-corrected chi connectivity index (χ4v) is 0.846. The molecule has 0 saturated heterocycles. The SMILES string of the molecule is Cl.NCCCC[C@H](N)C(=O)O.O=C(O)CCC(=O)O. The first-order valence-electron chi connectivity index (χ1n) is 5.43. The van der Waals surface area contributed by atoms with Gasteiger partial charge >= 0.3 is 17.9 Å². The van der Waals surface area contributed by atoms with Gasteiger partial charge in [0.1, 0.15) is 6.04 Å². The van der Waals surface area contributed by atoms with Crippen molar-refractivity contribution in [2.45, 2.75) is 38.1 Å². The van der Waals surface area contributed by atoms with Gasteiger partial charge in [-0.25, -0.2) is 0 Å². The Kier molecular flexibility index (Phi) is 17.6. The maximum atomic E-state index is 10.1. The zero-order chi connectivity index (χ0) is 14.6. The zero-order valence-corrected chi connectivity index (χ0v) is 11.3. The van der Waals surface area contributed by atoms with Crippen LogP contribution in [0.4, 0.5) is 0 Å². The fraction of sp³-hybridized carbons (Fsp3) is 0.700. The van der Waals surface area contributed by atoms with Crippen LogP contribution in [-0.2, 0) is 14.4 Å². The van der Waals surface area contributed by atoms with Gasteiger partial charge in [0.2, 0.25) is 0 Å². The molecule has 1 atom stereocenters. The van der Waals surface area contributed by atoms with Gasteiger partial charge in [0.05, 0.1) is 12.8 Å². The summed E-state index contributed by atoms with van der Waals surface area (Å²) in [4.78, 5) is 29.4. The second kappa shape index (κ2) is 14.7. The van der Waals surface area contributed by atoms with E-state index >= 15 is 0 Å². The Hall–Kier alpha value is -1.38. The molecule has 0 aromatic carbocycles. The summed E-state index contributed by atoms with van der Waals surface area (Å²) < 4.78 is 0. The van der Waals surface area contributed by atoms with Crippen LogP contribution in [0.3, 0.4) is 0 Å². The molecule has 19 heavy (non-hydrogen) atoms. The van der Waals surface area contributed by atoms with Gasteiger partial charge in [0.15, 0.2) is 0 Å². The monoisotopic (exact) mass is 300 g/mol. The molecule has 114 valence electrons. The molecule has 7 N–H and O–H groups in total. The summed E-state index contributed by atoms with van der Waals surface area (Å²) in [6.45, 7) is 0.604. The van der Waals surface area contributed by atoms with Gasteiger partial charge < -0.3 is 26.8 Å². The first kappa shape index (κ1) is 22.8. The molecule has 0 unspecified atom stereocenters. The lowest BCUT2D eigenvalue weighted by Gasteiger charge is -2.03. The van der Waals surface area contributed by atoms with E-state index in [1.165, 1.54) is 0 Å². The Balaban J connectivity index is -0.000000262. The first-order chi connectivity index (χ1) is 8.31.